The molecule has 1 atom stereocenters. The molecule has 5 N–H and O–H groups in total. The highest BCUT2D eigenvalue weighted by atomic mass is 16.5. The Bertz CT molecular complexity index is 1130. The van der Waals surface area contributed by atoms with Crippen molar-refractivity contribution in [3.63, 3.8) is 0 Å². The fourth-order valence-electron chi connectivity index (χ4n) is 4.29. The van der Waals surface area contributed by atoms with Crippen molar-refractivity contribution in [1.82, 2.24) is 14.8 Å². The van der Waals surface area contributed by atoms with Crippen LogP contribution in [0.25, 0.3) is 22.2 Å². The molecule has 3 aliphatic rings. The Kier molecular flexibility index (Phi) is 3.92. The lowest BCUT2D eigenvalue weighted by molar-refractivity contribution is -0.119. The number of H-pyrrole nitrogens is 1. The minimum Gasteiger partial charge on any atom is -0.491 e. The maximum Gasteiger partial charge on any atom is 0.240 e. The minimum atomic E-state index is -0.351. The minimum absolute atomic E-state index is 0.304. The van der Waals surface area contributed by atoms with Gasteiger partial charge in [-0.2, -0.15) is 5.10 Å². The lowest BCUT2D eigenvalue weighted by Crippen LogP contribution is -2.37. The Hall–Kier alpha value is -3.20. The second kappa shape index (κ2) is 6.66. The smallest absolute Gasteiger partial charge is 0.240 e. The van der Waals surface area contributed by atoms with Crippen LogP contribution in [0.3, 0.4) is 0 Å². The van der Waals surface area contributed by atoms with Gasteiger partial charge in [0, 0.05) is 30.1 Å². The van der Waals surface area contributed by atoms with Crippen molar-refractivity contribution in [2.24, 2.45) is 11.7 Å². The monoisotopic (exact) mass is 408 g/mol. The van der Waals surface area contributed by atoms with Crippen LogP contribution >= 0.6 is 0 Å². The molecular weight excluding hydrogens is 384 g/mol. The number of benzene rings is 1. The number of nitrogens with two attached hydrogens (primary N) is 1. The zero-order valence-electron chi connectivity index (χ0n) is 16.5. The predicted octanol–water partition coefficient (Wildman–Crippen LogP) is 2.08. The van der Waals surface area contributed by atoms with Crippen molar-refractivity contribution in [3.05, 3.63) is 24.5 Å². The molecule has 1 saturated heterocycles. The molecule has 2 aliphatic heterocycles. The Balaban J connectivity index is 1.41. The van der Waals surface area contributed by atoms with E-state index in [1.165, 1.54) is 0 Å². The van der Waals surface area contributed by atoms with Crippen molar-refractivity contribution in [2.75, 3.05) is 37.0 Å². The van der Waals surface area contributed by atoms with Crippen LogP contribution in [0.1, 0.15) is 18.9 Å². The zero-order valence-corrected chi connectivity index (χ0v) is 16.5. The van der Waals surface area contributed by atoms with Crippen molar-refractivity contribution >= 4 is 28.2 Å². The van der Waals surface area contributed by atoms with E-state index in [0.717, 1.165) is 52.1 Å². The van der Waals surface area contributed by atoms with E-state index in [1.807, 2.05) is 23.0 Å². The Morgan fingerprint density at radius 2 is 2.20 bits per heavy atom. The standard InChI is InChI=1S/C21H24N6O3/c22-21(28)19(11-1-2-11)25-13-5-15-17-16(6-13)30-4-3-23-20(17)18(26-15)12-7-24-27(8-12)14-9-29-10-14/h5-8,11,14,19,23,25-26H,1-4,9-10H2,(H2,22,28)/t19-/m0/s1. The van der Waals surface area contributed by atoms with Crippen molar-refractivity contribution < 1.29 is 14.3 Å². The molecule has 2 aromatic heterocycles. The van der Waals surface area contributed by atoms with Crippen molar-refractivity contribution in [1.29, 1.82) is 0 Å². The number of hydrogen-bond acceptors (Lipinski definition) is 6. The molecule has 9 nitrogen and oxygen atoms in total. The number of primary amides is 1. The summed E-state index contributed by atoms with van der Waals surface area (Å²) in [6.45, 7) is 2.67. The summed E-state index contributed by atoms with van der Waals surface area (Å²) >= 11 is 0. The van der Waals surface area contributed by atoms with Crippen molar-refractivity contribution in [3.8, 4) is 17.0 Å². The van der Waals surface area contributed by atoms with E-state index in [2.05, 4.69) is 26.9 Å². The van der Waals surface area contributed by atoms with Crippen LogP contribution in [0.2, 0.25) is 0 Å². The fraction of sp³-hybridized carbons (Fsp3) is 0.429. The summed E-state index contributed by atoms with van der Waals surface area (Å²) in [5, 5.41) is 12.4. The summed E-state index contributed by atoms with van der Waals surface area (Å²) in [4.78, 5) is 15.4. The molecule has 0 spiro atoms. The van der Waals surface area contributed by atoms with Gasteiger partial charge >= 0.3 is 0 Å². The van der Waals surface area contributed by atoms with E-state index < -0.39 is 0 Å². The Morgan fingerprint density at radius 1 is 1.33 bits per heavy atom. The molecule has 9 heteroatoms. The Labute approximate surface area is 172 Å². The number of hydrogen-bond donors (Lipinski definition) is 4. The van der Waals surface area contributed by atoms with Crippen LogP contribution in [0.15, 0.2) is 24.5 Å². The number of amides is 1. The van der Waals surface area contributed by atoms with Gasteiger partial charge in [0.1, 0.15) is 18.4 Å². The molecule has 3 aromatic rings. The third-order valence-electron chi connectivity index (χ3n) is 6.13. The van der Waals surface area contributed by atoms with E-state index in [9.17, 15) is 4.79 Å². The average Bonchev–Trinajstić information content (AvgIpc) is 3.35. The first-order chi connectivity index (χ1) is 14.7. The third-order valence-corrected chi connectivity index (χ3v) is 6.13. The van der Waals surface area contributed by atoms with Gasteiger partial charge in [-0.25, -0.2) is 0 Å². The third kappa shape index (κ3) is 2.88. The number of ether oxygens (including phenoxy) is 2. The second-order valence-electron chi connectivity index (χ2n) is 8.31. The number of carbonyl (C=O) groups excluding carboxylic acids is 1. The number of carbonyl (C=O) groups is 1. The first kappa shape index (κ1) is 17.6. The molecule has 30 heavy (non-hydrogen) atoms. The van der Waals surface area contributed by atoms with Gasteiger partial charge in [-0.05, 0) is 24.8 Å². The van der Waals surface area contributed by atoms with Gasteiger partial charge in [0.2, 0.25) is 5.91 Å². The van der Waals surface area contributed by atoms with Gasteiger partial charge in [-0.3, -0.25) is 9.48 Å². The van der Waals surface area contributed by atoms with E-state index in [-0.39, 0.29) is 11.9 Å². The number of nitrogens with zero attached hydrogens (tertiary/aromatic N) is 2. The maximum atomic E-state index is 11.9. The average molecular weight is 408 g/mol. The highest BCUT2D eigenvalue weighted by molar-refractivity contribution is 6.06. The first-order valence-electron chi connectivity index (χ1n) is 10.4. The highest BCUT2D eigenvalue weighted by Gasteiger charge is 2.35. The number of rotatable bonds is 6. The first-order valence-corrected chi connectivity index (χ1v) is 10.4. The van der Waals surface area contributed by atoms with Crippen LogP contribution in [0, 0.1) is 5.92 Å². The van der Waals surface area contributed by atoms with Gasteiger partial charge in [0.05, 0.1) is 47.7 Å². The summed E-state index contributed by atoms with van der Waals surface area (Å²) < 4.78 is 13.3. The number of anilines is 2. The topological polar surface area (TPSA) is 119 Å². The van der Waals surface area contributed by atoms with Crippen LogP contribution in [0.5, 0.6) is 5.75 Å². The molecule has 1 aliphatic carbocycles. The van der Waals surface area contributed by atoms with Gasteiger partial charge < -0.3 is 30.8 Å². The van der Waals surface area contributed by atoms with Crippen LogP contribution in [0.4, 0.5) is 11.4 Å². The molecule has 0 bridgehead atoms. The summed E-state index contributed by atoms with van der Waals surface area (Å²) in [6, 6.07) is 3.93. The van der Waals surface area contributed by atoms with E-state index in [1.54, 1.807) is 0 Å². The number of nitrogens with one attached hydrogen (secondary N) is 3. The number of aromatic amines is 1. The van der Waals surface area contributed by atoms with E-state index in [4.69, 9.17) is 15.2 Å². The van der Waals surface area contributed by atoms with Gasteiger partial charge in [-0.1, -0.05) is 0 Å². The second-order valence-corrected chi connectivity index (χ2v) is 8.31. The van der Waals surface area contributed by atoms with Gasteiger partial charge in [0.15, 0.2) is 0 Å². The normalized spacial score (nSPS) is 19.5. The lowest BCUT2D eigenvalue weighted by atomic mass is 10.1. The van der Waals surface area contributed by atoms with Gasteiger partial charge in [0.25, 0.3) is 0 Å². The van der Waals surface area contributed by atoms with Gasteiger partial charge in [-0.15, -0.1) is 0 Å². The van der Waals surface area contributed by atoms with E-state index in [0.29, 0.717) is 38.3 Å². The summed E-state index contributed by atoms with van der Waals surface area (Å²) in [5.41, 5.74) is 10.4. The van der Waals surface area contributed by atoms with Crippen LogP contribution in [-0.4, -0.2) is 53.1 Å². The largest absolute Gasteiger partial charge is 0.491 e. The Morgan fingerprint density at radius 3 is 2.93 bits per heavy atom. The fourth-order valence-corrected chi connectivity index (χ4v) is 4.29. The number of aromatic nitrogens is 3. The summed E-state index contributed by atoms with van der Waals surface area (Å²) in [7, 11) is 0. The molecule has 0 radical (unpaired) electrons. The quantitative estimate of drug-likeness (QED) is 0.496. The molecule has 1 saturated carbocycles. The highest BCUT2D eigenvalue weighted by Crippen LogP contribution is 2.43. The van der Waals surface area contributed by atoms with Crippen LogP contribution in [-0.2, 0) is 9.53 Å². The van der Waals surface area contributed by atoms with Crippen molar-refractivity contribution in [2.45, 2.75) is 24.9 Å². The van der Waals surface area contributed by atoms with E-state index >= 15 is 0 Å². The molecule has 1 aromatic carbocycles. The maximum absolute atomic E-state index is 11.9. The molecule has 4 heterocycles. The molecule has 6 rings (SSSR count). The van der Waals surface area contributed by atoms with Crippen LogP contribution < -0.4 is 21.1 Å². The molecular formula is C21H24N6O3. The molecule has 1 amide bonds. The summed E-state index contributed by atoms with van der Waals surface area (Å²) in [5.74, 6) is 0.790. The lowest BCUT2D eigenvalue weighted by Gasteiger charge is -2.25. The summed E-state index contributed by atoms with van der Waals surface area (Å²) in [6.07, 6.45) is 5.99. The molecule has 156 valence electrons. The predicted molar refractivity (Wildman–Crippen MR) is 113 cm³/mol. The molecule has 0 unspecified atom stereocenters. The SMILES string of the molecule is NC(=O)[C@@H](Nc1cc2c3c(c(-c4cnn(C5COC5)c4)[nH]c3c1)NCCO2)C1CC1. The zero-order chi connectivity index (χ0) is 20.2. The molecule has 2 fully saturated rings.